The van der Waals surface area contributed by atoms with Gasteiger partial charge in [-0.3, -0.25) is 0 Å². The lowest BCUT2D eigenvalue weighted by molar-refractivity contribution is 1.18. The van der Waals surface area contributed by atoms with Crippen LogP contribution in [0.1, 0.15) is 0 Å². The van der Waals surface area contributed by atoms with Crippen LogP contribution in [0.5, 0.6) is 0 Å². The minimum Gasteiger partial charge on any atom is -0.309 e. The van der Waals surface area contributed by atoms with Gasteiger partial charge >= 0.3 is 0 Å². The topological polar surface area (TPSA) is 8.17 Å². The van der Waals surface area contributed by atoms with Crippen LogP contribution in [0.15, 0.2) is 182 Å². The fourth-order valence-electron chi connectivity index (χ4n) is 8.05. The highest BCUT2D eigenvalue weighted by atomic mass is 32.1. The molecule has 0 aliphatic rings. The van der Waals surface area contributed by atoms with Gasteiger partial charge < -0.3 is 9.47 Å². The number of aromatic nitrogens is 1. The number of hydrogen-bond acceptors (Lipinski definition) is 3. The van der Waals surface area contributed by atoms with E-state index in [0.29, 0.717) is 0 Å². The van der Waals surface area contributed by atoms with E-state index in [1.165, 1.54) is 79.0 Å². The van der Waals surface area contributed by atoms with Gasteiger partial charge in [0.2, 0.25) is 0 Å². The summed E-state index contributed by atoms with van der Waals surface area (Å²) in [7, 11) is 0. The molecule has 11 rings (SSSR count). The SMILES string of the molecule is c1ccc(-n2c3ccccc3c3ccc(N(c4ccc(-c5cccc6c5sc5ccccc56)cc4)c4cccc5c4sc4ccccc45)cc32)cc1. The number of thiophene rings is 2. The first-order valence-electron chi connectivity index (χ1n) is 17.6. The Morgan fingerprint density at radius 2 is 0.962 bits per heavy atom. The van der Waals surface area contributed by atoms with Gasteiger partial charge in [-0.05, 0) is 71.8 Å². The van der Waals surface area contributed by atoms with Crippen LogP contribution in [0.4, 0.5) is 17.1 Å². The zero-order chi connectivity index (χ0) is 34.2. The second-order valence-electron chi connectivity index (χ2n) is 13.3. The molecule has 4 heteroatoms. The lowest BCUT2D eigenvalue weighted by atomic mass is 10.0. The maximum atomic E-state index is 2.45. The molecule has 0 aliphatic carbocycles. The van der Waals surface area contributed by atoms with Crippen molar-refractivity contribution in [2.24, 2.45) is 0 Å². The smallest absolute Gasteiger partial charge is 0.0640 e. The zero-order valence-electron chi connectivity index (χ0n) is 28.0. The molecule has 0 spiro atoms. The van der Waals surface area contributed by atoms with E-state index in [1.54, 1.807) is 0 Å². The van der Waals surface area contributed by atoms with Gasteiger partial charge in [0.1, 0.15) is 0 Å². The minimum atomic E-state index is 1.12. The van der Waals surface area contributed by atoms with Gasteiger partial charge in [-0.25, -0.2) is 0 Å². The second kappa shape index (κ2) is 11.7. The molecular weight excluding hydrogens is 669 g/mol. The molecule has 0 N–H and O–H groups in total. The molecule has 0 radical (unpaired) electrons. The van der Waals surface area contributed by atoms with E-state index in [0.717, 1.165) is 17.1 Å². The van der Waals surface area contributed by atoms with Crippen LogP contribution in [-0.2, 0) is 0 Å². The standard InChI is InChI=1S/C48H30N2S2/c1-2-12-32(13-3-1)50-42-20-7-4-14-36(42)37-29-28-34(30-44(37)50)49(43-21-11-19-41-39-16-6-9-23-46(39)52-48(41)43)33-26-24-31(25-27-33)35-17-10-18-40-38-15-5-8-22-45(38)51-47(35)40/h1-30H. The van der Waals surface area contributed by atoms with Gasteiger partial charge in [0.15, 0.2) is 0 Å². The summed E-state index contributed by atoms with van der Waals surface area (Å²) in [5.41, 5.74) is 9.47. The highest BCUT2D eigenvalue weighted by Gasteiger charge is 2.21. The fraction of sp³-hybridized carbons (Fsp3) is 0. The number of benzene rings is 8. The molecule has 0 fully saturated rings. The number of nitrogens with zero attached hydrogens (tertiary/aromatic N) is 2. The summed E-state index contributed by atoms with van der Waals surface area (Å²) in [5.74, 6) is 0. The molecule has 0 bridgehead atoms. The van der Waals surface area contributed by atoms with E-state index >= 15 is 0 Å². The third-order valence-corrected chi connectivity index (χ3v) is 12.8. The van der Waals surface area contributed by atoms with Crippen molar-refractivity contribution in [2.45, 2.75) is 0 Å². The molecule has 0 amide bonds. The van der Waals surface area contributed by atoms with Crippen molar-refractivity contribution in [1.29, 1.82) is 0 Å². The van der Waals surface area contributed by atoms with Crippen molar-refractivity contribution in [1.82, 2.24) is 4.57 Å². The van der Waals surface area contributed by atoms with Crippen molar-refractivity contribution < 1.29 is 0 Å². The number of para-hydroxylation sites is 2. The molecule has 8 aromatic carbocycles. The molecule has 0 saturated carbocycles. The molecule has 0 saturated heterocycles. The Hall–Kier alpha value is -6.20. The summed E-state index contributed by atoms with van der Waals surface area (Å²) >= 11 is 3.75. The summed E-state index contributed by atoms with van der Waals surface area (Å²) in [6.45, 7) is 0. The third-order valence-electron chi connectivity index (χ3n) is 10.4. The van der Waals surface area contributed by atoms with Gasteiger partial charge in [0, 0.05) is 63.5 Å². The normalized spacial score (nSPS) is 11.8. The Morgan fingerprint density at radius 3 is 1.73 bits per heavy atom. The van der Waals surface area contributed by atoms with E-state index in [1.807, 2.05) is 22.7 Å². The van der Waals surface area contributed by atoms with Gasteiger partial charge in [-0.1, -0.05) is 121 Å². The summed E-state index contributed by atoms with van der Waals surface area (Å²) in [5, 5.41) is 7.74. The largest absolute Gasteiger partial charge is 0.309 e. The Morgan fingerprint density at radius 1 is 0.385 bits per heavy atom. The average Bonchev–Trinajstić information content (AvgIpc) is 3.89. The number of fused-ring (bicyclic) bond motifs is 9. The third kappa shape index (κ3) is 4.48. The Bertz CT molecular complexity index is 3130. The average molecular weight is 699 g/mol. The van der Waals surface area contributed by atoms with Crippen molar-refractivity contribution >= 4 is 102 Å². The summed E-state index contributed by atoms with van der Waals surface area (Å²) in [6.07, 6.45) is 0. The predicted octanol–water partition coefficient (Wildman–Crippen LogP) is 14.7. The molecule has 3 heterocycles. The van der Waals surface area contributed by atoms with Gasteiger partial charge in [-0.15, -0.1) is 22.7 Å². The Labute approximate surface area is 308 Å². The predicted molar refractivity (Wildman–Crippen MR) is 227 cm³/mol. The summed E-state index contributed by atoms with van der Waals surface area (Å²) < 4.78 is 7.65. The zero-order valence-corrected chi connectivity index (χ0v) is 29.7. The monoisotopic (exact) mass is 698 g/mol. The highest BCUT2D eigenvalue weighted by molar-refractivity contribution is 7.26. The molecule has 244 valence electrons. The Kier molecular flexibility index (Phi) is 6.63. The van der Waals surface area contributed by atoms with Crippen molar-refractivity contribution in [3.8, 4) is 16.8 Å². The van der Waals surface area contributed by atoms with E-state index < -0.39 is 0 Å². The quantitative estimate of drug-likeness (QED) is 0.174. The minimum absolute atomic E-state index is 1.12. The molecule has 52 heavy (non-hydrogen) atoms. The maximum absolute atomic E-state index is 2.45. The number of rotatable bonds is 5. The number of hydrogen-bond donors (Lipinski definition) is 0. The lowest BCUT2D eigenvalue weighted by Gasteiger charge is -2.26. The first kappa shape index (κ1) is 29.5. The van der Waals surface area contributed by atoms with E-state index in [4.69, 9.17) is 0 Å². The molecular formula is C48H30N2S2. The van der Waals surface area contributed by atoms with Crippen molar-refractivity contribution in [3.63, 3.8) is 0 Å². The summed E-state index contributed by atoms with van der Waals surface area (Å²) in [6, 6.07) is 66.6. The molecule has 0 aliphatic heterocycles. The van der Waals surface area contributed by atoms with Crippen LogP contribution in [0.2, 0.25) is 0 Å². The van der Waals surface area contributed by atoms with Crippen LogP contribution in [0.25, 0.3) is 79.0 Å². The summed E-state index contributed by atoms with van der Waals surface area (Å²) in [4.78, 5) is 2.45. The van der Waals surface area contributed by atoms with Crippen LogP contribution in [0.3, 0.4) is 0 Å². The molecule has 2 nitrogen and oxygen atoms in total. The van der Waals surface area contributed by atoms with Crippen LogP contribution < -0.4 is 4.90 Å². The second-order valence-corrected chi connectivity index (χ2v) is 15.4. The van der Waals surface area contributed by atoms with E-state index in [-0.39, 0.29) is 0 Å². The molecule has 0 unspecified atom stereocenters. The van der Waals surface area contributed by atoms with Gasteiger partial charge in [0.25, 0.3) is 0 Å². The fourth-order valence-corrected chi connectivity index (χ4v) is 10.5. The van der Waals surface area contributed by atoms with E-state index in [9.17, 15) is 0 Å². The molecule has 0 atom stereocenters. The highest BCUT2D eigenvalue weighted by Crippen LogP contribution is 2.47. The maximum Gasteiger partial charge on any atom is 0.0640 e. The Balaban J connectivity index is 1.14. The van der Waals surface area contributed by atoms with Crippen molar-refractivity contribution in [3.05, 3.63) is 182 Å². The van der Waals surface area contributed by atoms with Crippen LogP contribution >= 0.6 is 22.7 Å². The molecule has 3 aromatic heterocycles. The van der Waals surface area contributed by atoms with E-state index in [2.05, 4.69) is 191 Å². The number of anilines is 3. The van der Waals surface area contributed by atoms with Crippen molar-refractivity contribution in [2.75, 3.05) is 4.90 Å². The first-order chi connectivity index (χ1) is 25.8. The van der Waals surface area contributed by atoms with Gasteiger partial charge in [-0.2, -0.15) is 0 Å². The van der Waals surface area contributed by atoms with Crippen LogP contribution in [-0.4, -0.2) is 4.57 Å². The molecule has 11 aromatic rings. The van der Waals surface area contributed by atoms with Gasteiger partial charge in [0.05, 0.1) is 21.4 Å². The first-order valence-corrected chi connectivity index (χ1v) is 19.2. The van der Waals surface area contributed by atoms with Crippen LogP contribution in [0, 0.1) is 0 Å². The lowest BCUT2D eigenvalue weighted by Crippen LogP contribution is -2.10.